The number of nitrogens with zero attached hydrogens (tertiary/aromatic N) is 2. The van der Waals surface area contributed by atoms with Crippen LogP contribution in [-0.2, 0) is 6.54 Å². The van der Waals surface area contributed by atoms with Gasteiger partial charge in [0.1, 0.15) is 5.82 Å². The third-order valence-corrected chi connectivity index (χ3v) is 3.52. The number of rotatable bonds is 1. The zero-order valence-corrected chi connectivity index (χ0v) is 10.1. The summed E-state index contributed by atoms with van der Waals surface area (Å²) >= 11 is 0. The first-order valence-electron chi connectivity index (χ1n) is 6.17. The highest BCUT2D eigenvalue weighted by Gasteiger charge is 2.19. The summed E-state index contributed by atoms with van der Waals surface area (Å²) in [5, 5.41) is 0. The molecule has 0 radical (unpaired) electrons. The predicted molar refractivity (Wildman–Crippen MR) is 69.7 cm³/mol. The Hall–Kier alpha value is -1.77. The second-order valence-corrected chi connectivity index (χ2v) is 4.81. The number of hydrogen-bond donors (Lipinski definition) is 1. The van der Waals surface area contributed by atoms with E-state index in [-0.39, 0.29) is 0 Å². The number of fused-ring (bicyclic) bond motifs is 1. The highest BCUT2D eigenvalue weighted by atomic mass is 15.1. The average molecular weight is 227 g/mol. The van der Waals surface area contributed by atoms with Crippen LogP contribution < -0.4 is 5.73 Å². The number of nitrogen functional groups attached to an aromatic ring is 1. The molecule has 3 nitrogen and oxygen atoms in total. The molecule has 2 heterocycles. The summed E-state index contributed by atoms with van der Waals surface area (Å²) < 4.78 is 2.27. The molecule has 0 fully saturated rings. The van der Waals surface area contributed by atoms with Crippen LogP contribution in [0.2, 0.25) is 0 Å². The Morgan fingerprint density at radius 1 is 1.35 bits per heavy atom. The summed E-state index contributed by atoms with van der Waals surface area (Å²) in [6, 6.07) is 7.93. The lowest BCUT2D eigenvalue weighted by Gasteiger charge is -2.19. The third kappa shape index (κ3) is 1.71. The van der Waals surface area contributed by atoms with Crippen molar-refractivity contribution < 1.29 is 0 Å². The standard InChI is InChI=1S/C14H17N3/c1-10-5-4-8-17-9-13(16-14(10)17)11-6-2-3-7-12(11)15/h2-3,6-7,9-10H,4-5,8,15H2,1H3. The molecule has 1 aromatic heterocycles. The van der Waals surface area contributed by atoms with Gasteiger partial charge in [-0.05, 0) is 18.9 Å². The Morgan fingerprint density at radius 3 is 2.94 bits per heavy atom. The second-order valence-electron chi connectivity index (χ2n) is 4.81. The maximum absolute atomic E-state index is 6.00. The molecule has 2 aromatic rings. The van der Waals surface area contributed by atoms with Gasteiger partial charge in [-0.1, -0.05) is 25.1 Å². The van der Waals surface area contributed by atoms with Gasteiger partial charge in [-0.15, -0.1) is 0 Å². The molecule has 0 amide bonds. The second kappa shape index (κ2) is 3.91. The lowest BCUT2D eigenvalue weighted by molar-refractivity contribution is 0.463. The zero-order chi connectivity index (χ0) is 11.8. The van der Waals surface area contributed by atoms with Crippen LogP contribution in [0.15, 0.2) is 30.5 Å². The molecule has 1 aliphatic heterocycles. The molecule has 17 heavy (non-hydrogen) atoms. The molecule has 0 bridgehead atoms. The number of para-hydroxylation sites is 1. The minimum absolute atomic E-state index is 0.558. The van der Waals surface area contributed by atoms with Crippen molar-refractivity contribution in [3.8, 4) is 11.3 Å². The minimum Gasteiger partial charge on any atom is -0.398 e. The van der Waals surface area contributed by atoms with E-state index in [9.17, 15) is 0 Å². The normalized spacial score (nSPS) is 19.0. The molecule has 1 aromatic carbocycles. The van der Waals surface area contributed by atoms with E-state index in [0.717, 1.165) is 23.5 Å². The monoisotopic (exact) mass is 227 g/mol. The molecule has 0 aliphatic carbocycles. The highest BCUT2D eigenvalue weighted by Crippen LogP contribution is 2.31. The zero-order valence-electron chi connectivity index (χ0n) is 10.1. The Balaban J connectivity index is 2.08. The molecule has 3 rings (SSSR count). The fourth-order valence-electron chi connectivity index (χ4n) is 2.56. The van der Waals surface area contributed by atoms with Gasteiger partial charge in [0.15, 0.2) is 0 Å². The topological polar surface area (TPSA) is 43.8 Å². The van der Waals surface area contributed by atoms with Gasteiger partial charge >= 0.3 is 0 Å². The van der Waals surface area contributed by atoms with E-state index in [0.29, 0.717) is 5.92 Å². The number of anilines is 1. The molecule has 0 saturated heterocycles. The highest BCUT2D eigenvalue weighted by molar-refractivity contribution is 5.73. The summed E-state index contributed by atoms with van der Waals surface area (Å²) in [6.07, 6.45) is 4.62. The van der Waals surface area contributed by atoms with E-state index < -0.39 is 0 Å². The van der Waals surface area contributed by atoms with Crippen molar-refractivity contribution in [2.75, 3.05) is 5.73 Å². The maximum atomic E-state index is 6.00. The number of imidazole rings is 1. The first kappa shape index (κ1) is 10.4. The smallest absolute Gasteiger partial charge is 0.112 e. The largest absolute Gasteiger partial charge is 0.398 e. The maximum Gasteiger partial charge on any atom is 0.112 e. The molecular formula is C14H17N3. The van der Waals surface area contributed by atoms with Gasteiger partial charge < -0.3 is 10.3 Å². The SMILES string of the molecule is CC1CCCn2cc(-c3ccccc3N)nc21. The van der Waals surface area contributed by atoms with Crippen LogP contribution in [-0.4, -0.2) is 9.55 Å². The average Bonchev–Trinajstić information content (AvgIpc) is 2.75. The fraction of sp³-hybridized carbons (Fsp3) is 0.357. The first-order chi connectivity index (χ1) is 8.25. The Labute approximate surface area is 101 Å². The van der Waals surface area contributed by atoms with Crippen LogP contribution in [0, 0.1) is 0 Å². The molecule has 0 spiro atoms. The van der Waals surface area contributed by atoms with Crippen molar-refractivity contribution in [3.05, 3.63) is 36.3 Å². The van der Waals surface area contributed by atoms with E-state index >= 15 is 0 Å². The molecule has 2 N–H and O–H groups in total. The van der Waals surface area contributed by atoms with Crippen LogP contribution in [0.3, 0.4) is 0 Å². The Bertz CT molecular complexity index is 542. The van der Waals surface area contributed by atoms with Crippen LogP contribution in [0.25, 0.3) is 11.3 Å². The number of nitrogens with two attached hydrogens (primary N) is 1. The molecule has 1 atom stereocenters. The molecule has 1 unspecified atom stereocenters. The summed E-state index contributed by atoms with van der Waals surface area (Å²) in [6.45, 7) is 3.33. The van der Waals surface area contributed by atoms with E-state index in [2.05, 4.69) is 17.7 Å². The van der Waals surface area contributed by atoms with Crippen molar-refractivity contribution in [1.29, 1.82) is 0 Å². The van der Waals surface area contributed by atoms with Gasteiger partial charge in [0.05, 0.1) is 5.69 Å². The van der Waals surface area contributed by atoms with Crippen LogP contribution in [0.4, 0.5) is 5.69 Å². The van der Waals surface area contributed by atoms with E-state index in [1.165, 1.54) is 18.7 Å². The summed E-state index contributed by atoms with van der Waals surface area (Å²) in [5.41, 5.74) is 8.85. The Morgan fingerprint density at radius 2 is 2.18 bits per heavy atom. The lowest BCUT2D eigenvalue weighted by Crippen LogP contribution is -2.12. The van der Waals surface area contributed by atoms with E-state index in [1.807, 2.05) is 24.3 Å². The van der Waals surface area contributed by atoms with Gasteiger partial charge in [0.2, 0.25) is 0 Å². The lowest BCUT2D eigenvalue weighted by atomic mass is 10.0. The molecular weight excluding hydrogens is 210 g/mol. The number of aromatic nitrogens is 2. The van der Waals surface area contributed by atoms with E-state index in [1.54, 1.807) is 0 Å². The van der Waals surface area contributed by atoms with Gasteiger partial charge in [0.25, 0.3) is 0 Å². The summed E-state index contributed by atoms with van der Waals surface area (Å²) in [7, 11) is 0. The molecule has 3 heteroatoms. The molecule has 0 saturated carbocycles. The van der Waals surface area contributed by atoms with Gasteiger partial charge in [-0.25, -0.2) is 4.98 Å². The Kier molecular flexibility index (Phi) is 2.39. The van der Waals surface area contributed by atoms with Gasteiger partial charge in [0, 0.05) is 29.9 Å². The van der Waals surface area contributed by atoms with Crippen molar-refractivity contribution in [2.45, 2.75) is 32.2 Å². The first-order valence-corrected chi connectivity index (χ1v) is 6.17. The summed E-state index contributed by atoms with van der Waals surface area (Å²) in [5.74, 6) is 1.76. The quantitative estimate of drug-likeness (QED) is 0.761. The summed E-state index contributed by atoms with van der Waals surface area (Å²) in [4.78, 5) is 4.75. The van der Waals surface area contributed by atoms with Crippen molar-refractivity contribution in [1.82, 2.24) is 9.55 Å². The minimum atomic E-state index is 0.558. The predicted octanol–water partition coefficient (Wildman–Crippen LogP) is 3.03. The van der Waals surface area contributed by atoms with Gasteiger partial charge in [-0.3, -0.25) is 0 Å². The van der Waals surface area contributed by atoms with Crippen LogP contribution in [0.1, 0.15) is 31.5 Å². The number of hydrogen-bond acceptors (Lipinski definition) is 2. The van der Waals surface area contributed by atoms with Crippen molar-refractivity contribution in [2.24, 2.45) is 0 Å². The van der Waals surface area contributed by atoms with E-state index in [4.69, 9.17) is 10.7 Å². The molecule has 88 valence electrons. The van der Waals surface area contributed by atoms with Crippen molar-refractivity contribution in [3.63, 3.8) is 0 Å². The van der Waals surface area contributed by atoms with Gasteiger partial charge in [-0.2, -0.15) is 0 Å². The third-order valence-electron chi connectivity index (χ3n) is 3.52. The number of aryl methyl sites for hydroxylation is 1. The fourth-order valence-corrected chi connectivity index (χ4v) is 2.56. The number of benzene rings is 1. The molecule has 1 aliphatic rings. The van der Waals surface area contributed by atoms with Crippen LogP contribution >= 0.6 is 0 Å². The van der Waals surface area contributed by atoms with Crippen LogP contribution in [0.5, 0.6) is 0 Å². The van der Waals surface area contributed by atoms with Crippen molar-refractivity contribution >= 4 is 5.69 Å².